The average molecular weight is 390 g/mol. The monoisotopic (exact) mass is 390 g/mol. The summed E-state index contributed by atoms with van der Waals surface area (Å²) in [6.07, 6.45) is -2.72. The summed E-state index contributed by atoms with van der Waals surface area (Å²) in [6.45, 7) is 4.31. The van der Waals surface area contributed by atoms with E-state index in [0.717, 1.165) is 48.4 Å². The fraction of sp³-hybridized carbons (Fsp3) is 0.333. The third-order valence-corrected chi connectivity index (χ3v) is 4.70. The lowest BCUT2D eigenvalue weighted by Gasteiger charge is -2.31. The van der Waals surface area contributed by atoms with E-state index in [0.29, 0.717) is 12.2 Å². The zero-order valence-electron chi connectivity index (χ0n) is 15.6. The first-order valence-corrected chi connectivity index (χ1v) is 9.09. The molecule has 0 radical (unpaired) electrons. The van der Waals surface area contributed by atoms with Crippen LogP contribution in [-0.4, -0.2) is 18.4 Å². The molecule has 0 atom stereocenters. The van der Waals surface area contributed by atoms with E-state index >= 15 is 0 Å². The van der Waals surface area contributed by atoms with Gasteiger partial charge >= 0.3 is 6.18 Å². The second-order valence-corrected chi connectivity index (χ2v) is 7.12. The maximum Gasteiger partial charge on any atom is 0.416 e. The molecule has 4 nitrogen and oxygen atoms in total. The van der Waals surface area contributed by atoms with Crippen LogP contribution in [0.2, 0.25) is 0 Å². The smallest absolute Gasteiger partial charge is 0.322 e. The molecule has 1 aliphatic heterocycles. The number of carbonyl (C=O) groups is 2. The number of amides is 2. The summed E-state index contributed by atoms with van der Waals surface area (Å²) in [5.74, 6) is -0.630. The summed E-state index contributed by atoms with van der Waals surface area (Å²) >= 11 is 0. The van der Waals surface area contributed by atoms with Crippen LogP contribution < -0.4 is 10.2 Å². The molecule has 0 saturated carbocycles. The van der Waals surface area contributed by atoms with E-state index in [-0.39, 0.29) is 17.4 Å². The second-order valence-electron chi connectivity index (χ2n) is 7.12. The highest BCUT2D eigenvalue weighted by molar-refractivity contribution is 6.05. The maximum atomic E-state index is 12.7. The molecule has 0 bridgehead atoms. The number of anilines is 2. The van der Waals surface area contributed by atoms with Gasteiger partial charge in [0.15, 0.2) is 0 Å². The van der Waals surface area contributed by atoms with Crippen LogP contribution in [-0.2, 0) is 17.4 Å². The highest BCUT2D eigenvalue weighted by Gasteiger charge is 2.30. The molecule has 2 aromatic rings. The Bertz CT molecular complexity index is 890. The molecule has 2 aromatic carbocycles. The van der Waals surface area contributed by atoms with Crippen LogP contribution in [0.4, 0.5) is 24.5 Å². The van der Waals surface area contributed by atoms with Crippen molar-refractivity contribution in [2.75, 3.05) is 16.8 Å². The molecule has 7 heteroatoms. The van der Waals surface area contributed by atoms with Gasteiger partial charge in [0.2, 0.25) is 5.91 Å². The van der Waals surface area contributed by atoms with Crippen molar-refractivity contribution >= 4 is 23.2 Å². The number of carbonyl (C=O) groups excluding carboxylic acids is 2. The molecule has 1 heterocycles. The molecule has 0 aromatic heterocycles. The highest BCUT2D eigenvalue weighted by Crippen LogP contribution is 2.32. The number of halogens is 3. The van der Waals surface area contributed by atoms with Crippen molar-refractivity contribution in [3.8, 4) is 0 Å². The minimum Gasteiger partial charge on any atom is -0.322 e. The molecule has 3 rings (SSSR count). The van der Waals surface area contributed by atoms with E-state index in [4.69, 9.17) is 0 Å². The number of benzene rings is 2. The Balaban J connectivity index is 1.81. The Morgan fingerprint density at radius 3 is 2.36 bits per heavy atom. The number of nitrogens with zero attached hydrogens (tertiary/aromatic N) is 1. The lowest BCUT2D eigenvalue weighted by atomic mass is 9.99. The number of fused-ring (bicyclic) bond motifs is 1. The Kier molecular flexibility index (Phi) is 5.45. The summed E-state index contributed by atoms with van der Waals surface area (Å²) in [5, 5.41) is 2.70. The predicted molar refractivity (Wildman–Crippen MR) is 101 cm³/mol. The first-order chi connectivity index (χ1) is 13.2. The normalized spacial score (nSPS) is 14.0. The SMILES string of the molecule is CC(C)C(=O)N1CCCc2ccc(NC(=O)c3ccc(C(F)(F)F)cc3)cc21. The molecule has 1 aliphatic rings. The molecule has 0 aliphatic carbocycles. The predicted octanol–water partition coefficient (Wildman–Crippen LogP) is 4.89. The molecule has 0 fully saturated rings. The molecule has 0 unspecified atom stereocenters. The molecular formula is C21H21F3N2O2. The van der Waals surface area contributed by atoms with Crippen molar-refractivity contribution in [1.29, 1.82) is 0 Å². The van der Waals surface area contributed by atoms with Crippen molar-refractivity contribution < 1.29 is 22.8 Å². The average Bonchev–Trinajstić information content (AvgIpc) is 2.66. The van der Waals surface area contributed by atoms with Gasteiger partial charge in [-0.2, -0.15) is 13.2 Å². The van der Waals surface area contributed by atoms with E-state index in [9.17, 15) is 22.8 Å². The number of nitrogens with one attached hydrogen (secondary N) is 1. The number of alkyl halides is 3. The zero-order valence-corrected chi connectivity index (χ0v) is 15.6. The topological polar surface area (TPSA) is 49.4 Å². The van der Waals surface area contributed by atoms with Gasteiger partial charge in [0.25, 0.3) is 5.91 Å². The quantitative estimate of drug-likeness (QED) is 0.811. The first kappa shape index (κ1) is 19.9. The molecule has 2 amide bonds. The van der Waals surface area contributed by atoms with Gasteiger partial charge in [-0.3, -0.25) is 9.59 Å². The fourth-order valence-corrected chi connectivity index (χ4v) is 3.21. The van der Waals surface area contributed by atoms with Gasteiger partial charge in [-0.1, -0.05) is 19.9 Å². The van der Waals surface area contributed by atoms with Gasteiger partial charge in [0, 0.05) is 29.4 Å². The van der Waals surface area contributed by atoms with E-state index in [1.807, 2.05) is 19.9 Å². The van der Waals surface area contributed by atoms with Gasteiger partial charge in [-0.05, 0) is 54.8 Å². The van der Waals surface area contributed by atoms with E-state index in [1.54, 1.807) is 17.0 Å². The second kappa shape index (κ2) is 7.66. The summed E-state index contributed by atoms with van der Waals surface area (Å²) in [4.78, 5) is 26.6. The van der Waals surface area contributed by atoms with Gasteiger partial charge in [0.1, 0.15) is 0 Å². The van der Waals surface area contributed by atoms with E-state index in [1.165, 1.54) is 0 Å². The van der Waals surface area contributed by atoms with Gasteiger partial charge in [0.05, 0.1) is 5.56 Å². The largest absolute Gasteiger partial charge is 0.416 e. The van der Waals surface area contributed by atoms with Crippen LogP contribution in [0.3, 0.4) is 0 Å². The minimum atomic E-state index is -4.44. The van der Waals surface area contributed by atoms with Crippen LogP contribution in [0.1, 0.15) is 41.8 Å². The summed E-state index contributed by atoms with van der Waals surface area (Å²) in [6, 6.07) is 9.41. The van der Waals surface area contributed by atoms with Gasteiger partial charge in [-0.15, -0.1) is 0 Å². The lowest BCUT2D eigenvalue weighted by Crippen LogP contribution is -2.38. The number of hydrogen-bond acceptors (Lipinski definition) is 2. The van der Waals surface area contributed by atoms with Crippen LogP contribution in [0.5, 0.6) is 0 Å². The summed E-state index contributed by atoms with van der Waals surface area (Å²) in [7, 11) is 0. The molecule has 148 valence electrons. The van der Waals surface area contributed by atoms with Crippen molar-refractivity contribution in [1.82, 2.24) is 0 Å². The van der Waals surface area contributed by atoms with Crippen molar-refractivity contribution in [3.05, 3.63) is 59.2 Å². The van der Waals surface area contributed by atoms with E-state index in [2.05, 4.69) is 5.32 Å². The zero-order chi connectivity index (χ0) is 20.5. The maximum absolute atomic E-state index is 12.7. The highest BCUT2D eigenvalue weighted by atomic mass is 19.4. The van der Waals surface area contributed by atoms with Crippen molar-refractivity contribution in [2.24, 2.45) is 5.92 Å². The Hall–Kier alpha value is -2.83. The van der Waals surface area contributed by atoms with Gasteiger partial charge in [-0.25, -0.2) is 0 Å². The lowest BCUT2D eigenvalue weighted by molar-refractivity contribution is -0.137. The molecule has 0 spiro atoms. The van der Waals surface area contributed by atoms with E-state index < -0.39 is 17.6 Å². The van der Waals surface area contributed by atoms with Crippen LogP contribution in [0, 0.1) is 5.92 Å². The van der Waals surface area contributed by atoms with Gasteiger partial charge < -0.3 is 10.2 Å². The van der Waals surface area contributed by atoms with Crippen LogP contribution in [0.25, 0.3) is 0 Å². The third-order valence-electron chi connectivity index (χ3n) is 4.70. The fourth-order valence-electron chi connectivity index (χ4n) is 3.21. The Morgan fingerprint density at radius 1 is 1.07 bits per heavy atom. The Labute approximate surface area is 161 Å². The van der Waals surface area contributed by atoms with Crippen LogP contribution >= 0.6 is 0 Å². The van der Waals surface area contributed by atoms with Crippen molar-refractivity contribution in [3.63, 3.8) is 0 Å². The summed E-state index contributed by atoms with van der Waals surface area (Å²) in [5.41, 5.74) is 1.62. The first-order valence-electron chi connectivity index (χ1n) is 9.09. The number of hydrogen-bond donors (Lipinski definition) is 1. The van der Waals surface area contributed by atoms with Crippen molar-refractivity contribution in [2.45, 2.75) is 32.9 Å². The standard InChI is InChI=1S/C21H21F3N2O2/c1-13(2)20(28)26-11-3-4-14-7-10-17(12-18(14)26)25-19(27)15-5-8-16(9-6-15)21(22,23)24/h5-10,12-13H,3-4,11H2,1-2H3,(H,25,27). The molecule has 28 heavy (non-hydrogen) atoms. The molecular weight excluding hydrogens is 369 g/mol. The number of aryl methyl sites for hydroxylation is 1. The van der Waals surface area contributed by atoms with Crippen LogP contribution in [0.15, 0.2) is 42.5 Å². The minimum absolute atomic E-state index is 0.0205. The number of rotatable bonds is 3. The third kappa shape index (κ3) is 4.18. The molecule has 0 saturated heterocycles. The summed E-state index contributed by atoms with van der Waals surface area (Å²) < 4.78 is 38.0. The Morgan fingerprint density at radius 2 is 1.75 bits per heavy atom. The molecule has 1 N–H and O–H groups in total.